The number of benzene rings is 1. The van der Waals surface area contributed by atoms with E-state index in [1.54, 1.807) is 7.11 Å². The molecule has 0 spiro atoms. The molecule has 3 N–H and O–H groups in total. The van der Waals surface area contributed by atoms with Crippen LogP contribution in [0.3, 0.4) is 0 Å². The highest BCUT2D eigenvalue weighted by atomic mass is 16.5. The molecule has 1 saturated heterocycles. The van der Waals surface area contributed by atoms with Gasteiger partial charge in [0.1, 0.15) is 11.8 Å². The SMILES string of the molecule is CCCC[C@@H](CC)CNC(=O)C[NH+]1CC[C@]2(O)CCCC[C@@H]2[C@H]1c1ccc(OC)cc1. The molecule has 1 amide bonds. The number of aliphatic hydroxyl groups is 1. The second-order valence-corrected chi connectivity index (χ2v) is 9.76. The van der Waals surface area contributed by atoms with Crippen LogP contribution in [-0.4, -0.2) is 43.4 Å². The van der Waals surface area contributed by atoms with E-state index in [0.717, 1.165) is 57.4 Å². The maximum atomic E-state index is 12.9. The van der Waals surface area contributed by atoms with Crippen LogP contribution in [0.1, 0.15) is 83.2 Å². The summed E-state index contributed by atoms with van der Waals surface area (Å²) in [5.41, 5.74) is 0.624. The van der Waals surface area contributed by atoms with E-state index in [0.29, 0.717) is 12.5 Å². The van der Waals surface area contributed by atoms with Crippen LogP contribution in [0.5, 0.6) is 5.75 Å². The fourth-order valence-corrected chi connectivity index (χ4v) is 5.80. The lowest BCUT2D eigenvalue weighted by molar-refractivity contribution is -0.937. The van der Waals surface area contributed by atoms with Crippen molar-refractivity contribution < 1.29 is 19.5 Å². The van der Waals surface area contributed by atoms with Gasteiger partial charge in [0.05, 0.1) is 19.3 Å². The number of unbranched alkanes of at least 4 members (excludes halogenated alkanes) is 1. The Morgan fingerprint density at radius 3 is 2.71 bits per heavy atom. The highest BCUT2D eigenvalue weighted by Gasteiger charge is 2.51. The molecule has 0 radical (unpaired) electrons. The van der Waals surface area contributed by atoms with Crippen molar-refractivity contribution in [2.24, 2.45) is 11.8 Å². The summed E-state index contributed by atoms with van der Waals surface area (Å²) in [6, 6.07) is 8.41. The molecule has 174 valence electrons. The average molecular weight is 432 g/mol. The Kier molecular flexibility index (Phi) is 8.79. The molecule has 1 aromatic carbocycles. The number of hydrogen-bond donors (Lipinski definition) is 3. The summed E-state index contributed by atoms with van der Waals surface area (Å²) >= 11 is 0. The number of quaternary nitrogens is 1. The van der Waals surface area contributed by atoms with Gasteiger partial charge in [0.25, 0.3) is 5.91 Å². The molecule has 1 heterocycles. The van der Waals surface area contributed by atoms with Crippen LogP contribution >= 0.6 is 0 Å². The number of ether oxygens (including phenoxy) is 1. The summed E-state index contributed by atoms with van der Waals surface area (Å²) in [4.78, 5) is 14.2. The van der Waals surface area contributed by atoms with Crippen LogP contribution in [0.4, 0.5) is 0 Å². The fraction of sp³-hybridized carbons (Fsp3) is 0.731. The molecule has 3 rings (SSSR count). The summed E-state index contributed by atoms with van der Waals surface area (Å²) in [6.45, 7) is 6.53. The number of fused-ring (bicyclic) bond motifs is 1. The third kappa shape index (κ3) is 6.01. The van der Waals surface area contributed by atoms with Gasteiger partial charge in [-0.3, -0.25) is 4.79 Å². The maximum absolute atomic E-state index is 12.9. The Morgan fingerprint density at radius 1 is 1.26 bits per heavy atom. The Hall–Kier alpha value is -1.59. The second-order valence-electron chi connectivity index (χ2n) is 9.76. The van der Waals surface area contributed by atoms with Crippen LogP contribution in [0.2, 0.25) is 0 Å². The largest absolute Gasteiger partial charge is 0.497 e. The topological polar surface area (TPSA) is 63.0 Å². The summed E-state index contributed by atoms with van der Waals surface area (Å²) in [5.74, 6) is 1.76. The minimum Gasteiger partial charge on any atom is -0.497 e. The van der Waals surface area contributed by atoms with Crippen molar-refractivity contribution in [1.82, 2.24) is 5.32 Å². The van der Waals surface area contributed by atoms with E-state index in [9.17, 15) is 9.90 Å². The number of amides is 1. The molecule has 1 aliphatic heterocycles. The highest BCUT2D eigenvalue weighted by Crippen LogP contribution is 2.44. The van der Waals surface area contributed by atoms with Gasteiger partial charge in [-0.2, -0.15) is 0 Å². The molecule has 2 fully saturated rings. The fourth-order valence-electron chi connectivity index (χ4n) is 5.80. The Morgan fingerprint density at radius 2 is 2.03 bits per heavy atom. The normalized spacial score (nSPS) is 29.1. The van der Waals surface area contributed by atoms with E-state index in [2.05, 4.69) is 31.3 Å². The van der Waals surface area contributed by atoms with Gasteiger partial charge in [0.15, 0.2) is 6.54 Å². The van der Waals surface area contributed by atoms with Gasteiger partial charge in [0, 0.05) is 24.4 Å². The molecule has 5 nitrogen and oxygen atoms in total. The molecule has 2 aliphatic rings. The standard InChI is InChI=1S/C26H42N2O3/c1-4-6-9-20(5-2)18-27-24(29)19-28-17-16-26(30)15-8-7-10-23(26)25(28)21-11-13-22(31-3)14-12-21/h11-14,20,23,25,30H,4-10,15-19H2,1-3H3,(H,27,29)/p+1/t20-,23-,25-,26-/m1/s1. The lowest BCUT2D eigenvalue weighted by atomic mass is 9.66. The monoisotopic (exact) mass is 431 g/mol. The molecule has 1 unspecified atom stereocenters. The molecule has 5 atom stereocenters. The van der Waals surface area contributed by atoms with Crippen molar-refractivity contribution in [3.8, 4) is 5.75 Å². The molecule has 0 aromatic heterocycles. The predicted octanol–water partition coefficient (Wildman–Crippen LogP) is 3.28. The van der Waals surface area contributed by atoms with Crippen molar-refractivity contribution in [3.63, 3.8) is 0 Å². The number of likely N-dealkylation sites (tertiary alicyclic amines) is 1. The molecular formula is C26H43N2O3+. The van der Waals surface area contributed by atoms with Gasteiger partial charge >= 0.3 is 0 Å². The quantitative estimate of drug-likeness (QED) is 0.533. The second kappa shape index (κ2) is 11.3. The molecule has 5 heteroatoms. The average Bonchev–Trinajstić information content (AvgIpc) is 2.79. The van der Waals surface area contributed by atoms with E-state index >= 15 is 0 Å². The van der Waals surface area contributed by atoms with Crippen molar-refractivity contribution in [1.29, 1.82) is 0 Å². The first-order chi connectivity index (χ1) is 15.0. The highest BCUT2D eigenvalue weighted by molar-refractivity contribution is 5.76. The van der Waals surface area contributed by atoms with E-state index in [1.807, 2.05) is 12.1 Å². The molecule has 1 aromatic rings. The van der Waals surface area contributed by atoms with E-state index in [4.69, 9.17) is 4.74 Å². The van der Waals surface area contributed by atoms with Crippen molar-refractivity contribution in [2.75, 3.05) is 26.7 Å². The summed E-state index contributed by atoms with van der Waals surface area (Å²) in [6.07, 6.45) is 9.71. The Labute approximate surface area is 188 Å². The summed E-state index contributed by atoms with van der Waals surface area (Å²) < 4.78 is 5.35. The van der Waals surface area contributed by atoms with Crippen LogP contribution in [0.25, 0.3) is 0 Å². The maximum Gasteiger partial charge on any atom is 0.275 e. The number of carbonyl (C=O) groups excluding carboxylic acids is 1. The Bertz CT molecular complexity index is 692. The number of methoxy groups -OCH3 is 1. The van der Waals surface area contributed by atoms with Crippen LogP contribution in [0, 0.1) is 11.8 Å². The van der Waals surface area contributed by atoms with Crippen LogP contribution in [-0.2, 0) is 4.79 Å². The number of piperidine rings is 1. The van der Waals surface area contributed by atoms with Gasteiger partial charge < -0.3 is 20.1 Å². The third-order valence-electron chi connectivity index (χ3n) is 7.78. The minimum absolute atomic E-state index is 0.143. The van der Waals surface area contributed by atoms with Crippen molar-refractivity contribution in [3.05, 3.63) is 29.8 Å². The van der Waals surface area contributed by atoms with Crippen molar-refractivity contribution in [2.45, 2.75) is 83.3 Å². The van der Waals surface area contributed by atoms with Gasteiger partial charge in [-0.1, -0.05) is 46.0 Å². The van der Waals surface area contributed by atoms with Gasteiger partial charge in [-0.15, -0.1) is 0 Å². The molecule has 1 saturated carbocycles. The van der Waals surface area contributed by atoms with Gasteiger partial charge in [-0.05, 0) is 49.4 Å². The lowest BCUT2D eigenvalue weighted by Crippen LogP contribution is -3.16. The first-order valence-corrected chi connectivity index (χ1v) is 12.5. The zero-order valence-electron chi connectivity index (χ0n) is 19.8. The third-order valence-corrected chi connectivity index (χ3v) is 7.78. The zero-order chi connectivity index (χ0) is 22.3. The van der Waals surface area contributed by atoms with Gasteiger partial charge in [0.2, 0.25) is 0 Å². The summed E-state index contributed by atoms with van der Waals surface area (Å²) in [5, 5.41) is 14.6. The smallest absolute Gasteiger partial charge is 0.275 e. The number of nitrogens with one attached hydrogen (secondary N) is 2. The number of rotatable bonds is 10. The van der Waals surface area contributed by atoms with E-state index in [1.165, 1.54) is 29.7 Å². The molecule has 31 heavy (non-hydrogen) atoms. The number of carbonyl (C=O) groups is 1. The van der Waals surface area contributed by atoms with Crippen LogP contribution < -0.4 is 15.0 Å². The molecule has 1 aliphatic carbocycles. The minimum atomic E-state index is -0.587. The summed E-state index contributed by atoms with van der Waals surface area (Å²) in [7, 11) is 1.68. The molecule has 0 bridgehead atoms. The van der Waals surface area contributed by atoms with Gasteiger partial charge in [-0.25, -0.2) is 0 Å². The van der Waals surface area contributed by atoms with Crippen LogP contribution in [0.15, 0.2) is 24.3 Å². The Balaban J connectivity index is 1.71. The lowest BCUT2D eigenvalue weighted by Gasteiger charge is -2.50. The van der Waals surface area contributed by atoms with E-state index in [-0.39, 0.29) is 17.9 Å². The molecular weight excluding hydrogens is 388 g/mol. The predicted molar refractivity (Wildman–Crippen MR) is 124 cm³/mol. The zero-order valence-corrected chi connectivity index (χ0v) is 19.8. The first kappa shape index (κ1) is 24.1. The number of hydrogen-bond acceptors (Lipinski definition) is 3. The van der Waals surface area contributed by atoms with E-state index < -0.39 is 5.60 Å². The first-order valence-electron chi connectivity index (χ1n) is 12.5. The van der Waals surface area contributed by atoms with Crippen molar-refractivity contribution >= 4 is 5.91 Å².